The molecule has 0 amide bonds. The molecular formula is C60H67BN2O2. The Hall–Kier alpha value is -5.42. The largest absolute Gasteiger partial charge is 0.497 e. The number of benzene rings is 5. The van der Waals surface area contributed by atoms with Crippen LogP contribution >= 0.6 is 0 Å². The molecule has 2 aliphatic carbocycles. The molecule has 2 atom stereocenters. The van der Waals surface area contributed by atoms with E-state index in [1.165, 1.54) is 67.1 Å². The molecule has 5 heteroatoms. The van der Waals surface area contributed by atoms with Gasteiger partial charge in [0.1, 0.15) is 17.3 Å². The highest BCUT2D eigenvalue weighted by molar-refractivity contribution is 6.95. The van der Waals surface area contributed by atoms with Gasteiger partial charge in [0.25, 0.3) is 6.71 Å². The third kappa shape index (κ3) is 6.08. The topological polar surface area (TPSA) is 28.9 Å². The Bertz CT molecular complexity index is 3120. The normalized spacial score (nSPS) is 22.0. The number of furan rings is 1. The molecule has 332 valence electrons. The van der Waals surface area contributed by atoms with Crippen LogP contribution < -0.4 is 20.7 Å². The molecule has 65 heavy (non-hydrogen) atoms. The lowest BCUT2D eigenvalue weighted by atomic mass is 9.35. The SMILES string of the molecule is Cc1cc2c3c(c1)N(c1ccc(C(C)(C)C)c4oc5ccccc5c14)c1ccc(C(C)(C)C)cc1B3C1=C(N2c2ccc(C(C)(C)C)cc2)C2(C)C=C3C(=CC2O1)C(C)(C)CCC3(C)C. The number of nitrogens with zero attached hydrogens (tertiary/aromatic N) is 2. The number of fused-ring (bicyclic) bond motifs is 9. The molecule has 3 aliphatic heterocycles. The van der Waals surface area contributed by atoms with Crippen LogP contribution in [0.1, 0.15) is 132 Å². The van der Waals surface area contributed by atoms with Crippen molar-refractivity contribution in [1.82, 2.24) is 0 Å². The third-order valence-electron chi connectivity index (χ3n) is 16.0. The Balaban J connectivity index is 1.25. The zero-order chi connectivity index (χ0) is 46.1. The summed E-state index contributed by atoms with van der Waals surface area (Å²) in [4.78, 5) is 5.18. The average molecular weight is 859 g/mol. The third-order valence-corrected chi connectivity index (χ3v) is 16.0. The monoisotopic (exact) mass is 859 g/mol. The van der Waals surface area contributed by atoms with Gasteiger partial charge in [0, 0.05) is 33.7 Å². The minimum atomic E-state index is -0.424. The van der Waals surface area contributed by atoms with Gasteiger partial charge in [0.2, 0.25) is 0 Å². The van der Waals surface area contributed by atoms with Crippen LogP contribution in [-0.4, -0.2) is 12.8 Å². The highest BCUT2D eigenvalue weighted by Gasteiger charge is 2.59. The summed E-state index contributed by atoms with van der Waals surface area (Å²) >= 11 is 0. The van der Waals surface area contributed by atoms with Crippen molar-refractivity contribution in [2.75, 3.05) is 9.80 Å². The number of rotatable bonds is 2. The molecule has 0 radical (unpaired) electrons. The fraction of sp³-hybridized carbons (Fsp3) is 0.400. The summed E-state index contributed by atoms with van der Waals surface area (Å²) < 4.78 is 14.7. The molecule has 0 bridgehead atoms. The Morgan fingerprint density at radius 3 is 1.91 bits per heavy atom. The van der Waals surface area contributed by atoms with Crippen LogP contribution in [0.3, 0.4) is 0 Å². The molecule has 1 aromatic heterocycles. The summed E-state index contributed by atoms with van der Waals surface area (Å²) in [6, 6.07) is 34.8. The summed E-state index contributed by atoms with van der Waals surface area (Å²) in [5.41, 5.74) is 20.2. The van der Waals surface area contributed by atoms with Crippen molar-refractivity contribution in [1.29, 1.82) is 0 Å². The summed E-state index contributed by atoms with van der Waals surface area (Å²) in [5, 5.41) is 2.29. The van der Waals surface area contributed by atoms with Gasteiger partial charge in [-0.15, -0.1) is 0 Å². The summed E-state index contributed by atoms with van der Waals surface area (Å²) in [5.74, 6) is 0. The van der Waals surface area contributed by atoms with E-state index in [9.17, 15) is 0 Å². The van der Waals surface area contributed by atoms with Crippen LogP contribution in [0.25, 0.3) is 21.9 Å². The Labute approximate surface area is 388 Å². The predicted octanol–water partition coefficient (Wildman–Crippen LogP) is 15.2. The lowest BCUT2D eigenvalue weighted by molar-refractivity contribution is 0.131. The first kappa shape index (κ1) is 42.2. The maximum atomic E-state index is 7.77. The van der Waals surface area contributed by atoms with Gasteiger partial charge in [0.05, 0.1) is 27.8 Å². The van der Waals surface area contributed by atoms with E-state index in [1.54, 1.807) is 0 Å². The highest BCUT2D eigenvalue weighted by Crippen LogP contribution is 2.62. The maximum absolute atomic E-state index is 7.77. The van der Waals surface area contributed by atoms with Gasteiger partial charge in [-0.2, -0.15) is 0 Å². The lowest BCUT2D eigenvalue weighted by Gasteiger charge is -2.49. The first-order chi connectivity index (χ1) is 30.4. The van der Waals surface area contributed by atoms with E-state index >= 15 is 0 Å². The molecule has 0 saturated heterocycles. The van der Waals surface area contributed by atoms with Gasteiger partial charge in [-0.1, -0.05) is 145 Å². The molecule has 4 nitrogen and oxygen atoms in total. The maximum Gasteiger partial charge on any atom is 0.296 e. The van der Waals surface area contributed by atoms with Crippen molar-refractivity contribution in [3.8, 4) is 0 Å². The Kier molecular flexibility index (Phi) is 8.68. The molecule has 5 aromatic carbocycles. The van der Waals surface area contributed by atoms with Gasteiger partial charge in [-0.05, 0) is 141 Å². The lowest BCUT2D eigenvalue weighted by Crippen LogP contribution is -2.56. The quantitative estimate of drug-likeness (QED) is 0.162. The predicted molar refractivity (Wildman–Crippen MR) is 276 cm³/mol. The van der Waals surface area contributed by atoms with E-state index < -0.39 is 5.41 Å². The van der Waals surface area contributed by atoms with Crippen LogP contribution in [-0.2, 0) is 21.0 Å². The van der Waals surface area contributed by atoms with Crippen molar-refractivity contribution in [3.63, 3.8) is 0 Å². The fourth-order valence-corrected chi connectivity index (χ4v) is 12.1. The van der Waals surface area contributed by atoms with Crippen LogP contribution in [0.15, 0.2) is 130 Å². The van der Waals surface area contributed by atoms with E-state index in [1.807, 2.05) is 0 Å². The van der Waals surface area contributed by atoms with Crippen molar-refractivity contribution in [3.05, 3.63) is 148 Å². The highest BCUT2D eigenvalue weighted by atomic mass is 16.5. The average Bonchev–Trinajstić information content (AvgIpc) is 3.76. The number of para-hydroxylation sites is 1. The molecule has 1 fully saturated rings. The first-order valence-corrected chi connectivity index (χ1v) is 24.2. The van der Waals surface area contributed by atoms with Crippen molar-refractivity contribution >= 4 is 68.0 Å². The Morgan fingerprint density at radius 2 is 1.25 bits per heavy atom. The van der Waals surface area contributed by atoms with E-state index in [2.05, 4.69) is 217 Å². The van der Waals surface area contributed by atoms with Crippen LogP contribution in [0.5, 0.6) is 0 Å². The molecule has 0 spiro atoms. The number of aryl methyl sites for hydroxylation is 1. The smallest absolute Gasteiger partial charge is 0.296 e. The molecule has 11 rings (SSSR count). The second kappa shape index (κ2) is 13.4. The number of hydrogen-bond acceptors (Lipinski definition) is 4. The Morgan fingerprint density at radius 1 is 0.631 bits per heavy atom. The van der Waals surface area contributed by atoms with E-state index in [0.717, 1.165) is 51.8 Å². The number of allylic oxidation sites excluding steroid dienone is 2. The minimum absolute atomic E-state index is 0.0282. The second-order valence-corrected chi connectivity index (χ2v) is 24.8. The van der Waals surface area contributed by atoms with Crippen molar-refractivity contribution < 1.29 is 9.15 Å². The van der Waals surface area contributed by atoms with Crippen molar-refractivity contribution in [2.45, 2.75) is 139 Å². The minimum Gasteiger partial charge on any atom is -0.497 e. The molecule has 6 aromatic rings. The molecule has 4 heterocycles. The van der Waals surface area contributed by atoms with Crippen molar-refractivity contribution in [2.24, 2.45) is 16.2 Å². The van der Waals surface area contributed by atoms with Gasteiger partial charge in [-0.25, -0.2) is 0 Å². The number of ether oxygens (including phenoxy) is 1. The van der Waals surface area contributed by atoms with Gasteiger partial charge < -0.3 is 19.0 Å². The standard InChI is InChI=1S/C60H67BN2O2/c1-35-30-46-51-47(31-35)63(45-27-25-40(57(8,9)10)52-50(45)39-18-16-17-19-48(39)64-52)44-26-22-37(56(5,6)7)32-43(44)61(51)54-53(62(46)38-23-20-36(21-24-38)55(2,3)4)60(15)34-42-41(33-49(60)65-54)58(11,12)28-29-59(42,13)14/h16-27,30-34,49H,28-29H2,1-15H3. The number of hydrogen-bond donors (Lipinski definition) is 0. The zero-order valence-electron chi connectivity index (χ0n) is 41.6. The van der Waals surface area contributed by atoms with Crippen LogP contribution in [0, 0.1) is 23.2 Å². The number of anilines is 5. The first-order valence-electron chi connectivity index (χ1n) is 24.2. The van der Waals surface area contributed by atoms with Crippen LogP contribution in [0.4, 0.5) is 28.4 Å². The summed E-state index contributed by atoms with van der Waals surface area (Å²) in [6.45, 7) is 35.2. The summed E-state index contributed by atoms with van der Waals surface area (Å²) in [6.07, 6.45) is 7.39. The van der Waals surface area contributed by atoms with Crippen LogP contribution in [0.2, 0.25) is 0 Å². The van der Waals surface area contributed by atoms with E-state index in [-0.39, 0.29) is 39.9 Å². The van der Waals surface area contributed by atoms with Gasteiger partial charge in [-0.3, -0.25) is 0 Å². The summed E-state index contributed by atoms with van der Waals surface area (Å²) in [7, 11) is 0. The van der Waals surface area contributed by atoms with Gasteiger partial charge >= 0.3 is 0 Å². The molecule has 1 saturated carbocycles. The molecule has 2 unspecified atom stereocenters. The van der Waals surface area contributed by atoms with E-state index in [4.69, 9.17) is 9.15 Å². The fourth-order valence-electron chi connectivity index (χ4n) is 12.1. The second-order valence-electron chi connectivity index (χ2n) is 24.8. The van der Waals surface area contributed by atoms with Gasteiger partial charge in [0.15, 0.2) is 0 Å². The van der Waals surface area contributed by atoms with E-state index in [0.29, 0.717) is 0 Å². The molecule has 0 N–H and O–H groups in total. The molecular weight excluding hydrogens is 791 g/mol. The molecule has 5 aliphatic rings. The zero-order valence-corrected chi connectivity index (χ0v) is 41.6.